The number of hydrogen-bond donors (Lipinski definition) is 1. The summed E-state index contributed by atoms with van der Waals surface area (Å²) in [5.41, 5.74) is 5.83. The van der Waals surface area contributed by atoms with Crippen LogP contribution in [0, 0.1) is 0 Å². The summed E-state index contributed by atoms with van der Waals surface area (Å²) in [4.78, 5) is 18.7. The average Bonchev–Trinajstić information content (AvgIpc) is 3.69. The van der Waals surface area contributed by atoms with Gasteiger partial charge in [-0.1, -0.05) is 65.3 Å². The lowest BCUT2D eigenvalue weighted by atomic mass is 9.88. The van der Waals surface area contributed by atoms with E-state index in [2.05, 4.69) is 83.3 Å². The first-order chi connectivity index (χ1) is 19.3. The number of aryl methyl sites for hydroxylation is 2. The Morgan fingerprint density at radius 2 is 1.77 bits per heavy atom. The van der Waals surface area contributed by atoms with Crippen LogP contribution in [0.3, 0.4) is 0 Å². The number of aromatic amines is 1. The van der Waals surface area contributed by atoms with Crippen LogP contribution in [0.25, 0.3) is 28.3 Å². The fourth-order valence-electron chi connectivity index (χ4n) is 5.32. The number of unbranched alkanes of at least 4 members (excludes halogenated alkanes) is 1. The number of aromatic nitrogens is 8. The minimum atomic E-state index is -0.102. The second-order valence-electron chi connectivity index (χ2n) is 11.3. The summed E-state index contributed by atoms with van der Waals surface area (Å²) in [6, 6.07) is 12.1. The van der Waals surface area contributed by atoms with Crippen molar-refractivity contribution in [2.75, 3.05) is 0 Å². The average molecular weight is 539 g/mol. The number of benzene rings is 1. The lowest BCUT2D eigenvalue weighted by Crippen LogP contribution is -2.28. The highest BCUT2D eigenvalue weighted by molar-refractivity contribution is 5.81. The molecule has 0 aliphatic rings. The zero-order valence-electron chi connectivity index (χ0n) is 24.1. The highest BCUT2D eigenvalue weighted by Crippen LogP contribution is 2.33. The van der Waals surface area contributed by atoms with E-state index in [9.17, 15) is 4.79 Å². The molecule has 5 rings (SSSR count). The molecule has 0 saturated carbocycles. The summed E-state index contributed by atoms with van der Waals surface area (Å²) >= 11 is 0. The lowest BCUT2D eigenvalue weighted by Gasteiger charge is -2.21. The van der Waals surface area contributed by atoms with Gasteiger partial charge in [-0.2, -0.15) is 5.21 Å². The van der Waals surface area contributed by atoms with E-state index >= 15 is 0 Å². The summed E-state index contributed by atoms with van der Waals surface area (Å²) in [6.07, 6.45) is 11.7. The highest BCUT2D eigenvalue weighted by Gasteiger charge is 2.25. The molecule has 9 heteroatoms. The Balaban J connectivity index is 1.65. The van der Waals surface area contributed by atoms with Crippen molar-refractivity contribution in [1.82, 2.24) is 39.3 Å². The van der Waals surface area contributed by atoms with Gasteiger partial charge in [0.2, 0.25) is 5.82 Å². The van der Waals surface area contributed by atoms with Gasteiger partial charge in [-0.3, -0.25) is 14.1 Å². The predicted molar refractivity (Wildman–Crippen MR) is 158 cm³/mol. The van der Waals surface area contributed by atoms with Crippen molar-refractivity contribution in [3.8, 4) is 28.3 Å². The molecular formula is C31H38N8O. The van der Waals surface area contributed by atoms with Gasteiger partial charge in [-0.15, -0.1) is 10.2 Å². The van der Waals surface area contributed by atoms with Gasteiger partial charge >= 0.3 is 5.69 Å². The Kier molecular flexibility index (Phi) is 7.82. The quantitative estimate of drug-likeness (QED) is 0.243. The Bertz CT molecular complexity index is 1630. The van der Waals surface area contributed by atoms with E-state index in [0.29, 0.717) is 12.4 Å². The first kappa shape index (κ1) is 27.3. The standard InChI is InChI=1S/C31H38N8O/c1-6-8-11-23-21-39(29-27(31(3,4)5)15-18-37(29)17-7-2)30(40)38(23)20-22-19-32-16-14-24(22)25-12-9-10-13-26(25)28-33-35-36-34-28/h9-10,12-16,18-19,21H,6-8,11,17,20H2,1-5H3,(H,33,34,35,36). The smallest absolute Gasteiger partial charge is 0.334 e. The third kappa shape index (κ3) is 5.28. The number of hydrogen-bond acceptors (Lipinski definition) is 5. The van der Waals surface area contributed by atoms with Gasteiger partial charge in [0.15, 0.2) is 0 Å². The zero-order valence-corrected chi connectivity index (χ0v) is 24.1. The van der Waals surface area contributed by atoms with E-state index in [1.54, 1.807) is 6.20 Å². The van der Waals surface area contributed by atoms with Gasteiger partial charge in [0.05, 0.1) is 6.54 Å². The summed E-state index contributed by atoms with van der Waals surface area (Å²) in [5, 5.41) is 14.7. The van der Waals surface area contributed by atoms with Crippen LogP contribution >= 0.6 is 0 Å². The lowest BCUT2D eigenvalue weighted by molar-refractivity contribution is 0.572. The summed E-state index contributed by atoms with van der Waals surface area (Å²) in [6.45, 7) is 12.2. The number of pyridine rings is 1. The Labute approximate surface area is 234 Å². The molecule has 1 N–H and O–H groups in total. The van der Waals surface area contributed by atoms with Crippen LogP contribution in [0.2, 0.25) is 0 Å². The highest BCUT2D eigenvalue weighted by atomic mass is 16.1. The molecule has 0 bridgehead atoms. The fourth-order valence-corrected chi connectivity index (χ4v) is 5.32. The number of nitrogens with one attached hydrogen (secondary N) is 1. The molecule has 1 aromatic carbocycles. The number of tetrazole rings is 1. The van der Waals surface area contributed by atoms with Crippen molar-refractivity contribution in [1.29, 1.82) is 0 Å². The SMILES string of the molecule is CCCCc1cn(-c2c(C(C)(C)C)ccn2CCC)c(=O)n1Cc1cnccc1-c1ccccc1-c1nn[nH]n1. The van der Waals surface area contributed by atoms with E-state index < -0.39 is 0 Å². The second kappa shape index (κ2) is 11.5. The van der Waals surface area contributed by atoms with Crippen molar-refractivity contribution in [3.05, 3.63) is 88.5 Å². The van der Waals surface area contributed by atoms with Crippen molar-refractivity contribution in [2.24, 2.45) is 0 Å². The molecule has 0 amide bonds. The van der Waals surface area contributed by atoms with E-state index in [-0.39, 0.29) is 11.1 Å². The van der Waals surface area contributed by atoms with Crippen LogP contribution in [0.4, 0.5) is 0 Å². The molecule has 0 radical (unpaired) electrons. The molecule has 0 aliphatic carbocycles. The maximum atomic E-state index is 14.3. The summed E-state index contributed by atoms with van der Waals surface area (Å²) < 4.78 is 6.00. The zero-order chi connectivity index (χ0) is 28.3. The minimum absolute atomic E-state index is 0.0334. The van der Waals surface area contributed by atoms with Gasteiger partial charge in [0.25, 0.3) is 0 Å². The molecule has 0 aliphatic heterocycles. The van der Waals surface area contributed by atoms with Crippen molar-refractivity contribution >= 4 is 0 Å². The number of H-pyrrole nitrogens is 1. The van der Waals surface area contributed by atoms with Crippen LogP contribution in [0.5, 0.6) is 0 Å². The van der Waals surface area contributed by atoms with Gasteiger partial charge < -0.3 is 4.57 Å². The Hall–Kier alpha value is -4.27. The molecule has 0 spiro atoms. The topological polar surface area (TPSA) is 99.2 Å². The Morgan fingerprint density at radius 3 is 2.48 bits per heavy atom. The molecule has 4 aromatic heterocycles. The largest absolute Gasteiger partial charge is 0.334 e. The summed E-state index contributed by atoms with van der Waals surface area (Å²) in [7, 11) is 0. The molecular weight excluding hydrogens is 500 g/mol. The first-order valence-electron chi connectivity index (χ1n) is 14.1. The van der Waals surface area contributed by atoms with E-state index in [1.165, 1.54) is 5.56 Å². The Morgan fingerprint density at radius 1 is 0.975 bits per heavy atom. The maximum absolute atomic E-state index is 14.3. The van der Waals surface area contributed by atoms with Crippen LogP contribution in [0.15, 0.2) is 66.0 Å². The van der Waals surface area contributed by atoms with Crippen LogP contribution < -0.4 is 5.69 Å². The number of imidazole rings is 1. The van der Waals surface area contributed by atoms with Crippen LogP contribution in [0.1, 0.15) is 70.7 Å². The van der Waals surface area contributed by atoms with Gasteiger partial charge in [-0.25, -0.2) is 4.79 Å². The fraction of sp³-hybridized carbons (Fsp3) is 0.387. The van der Waals surface area contributed by atoms with E-state index in [0.717, 1.165) is 66.0 Å². The van der Waals surface area contributed by atoms with Gasteiger partial charge in [0.1, 0.15) is 5.82 Å². The first-order valence-corrected chi connectivity index (χ1v) is 14.1. The van der Waals surface area contributed by atoms with Crippen molar-refractivity contribution in [2.45, 2.75) is 78.8 Å². The van der Waals surface area contributed by atoms with Crippen molar-refractivity contribution < 1.29 is 0 Å². The molecule has 5 aromatic rings. The van der Waals surface area contributed by atoms with E-state index in [1.807, 2.05) is 45.7 Å². The second-order valence-corrected chi connectivity index (χ2v) is 11.3. The van der Waals surface area contributed by atoms with E-state index in [4.69, 9.17) is 0 Å². The molecule has 0 fully saturated rings. The summed E-state index contributed by atoms with van der Waals surface area (Å²) in [5.74, 6) is 1.49. The van der Waals surface area contributed by atoms with Crippen molar-refractivity contribution in [3.63, 3.8) is 0 Å². The molecule has 9 nitrogen and oxygen atoms in total. The molecule has 0 saturated heterocycles. The number of nitrogens with zero attached hydrogens (tertiary/aromatic N) is 7. The molecule has 0 atom stereocenters. The minimum Gasteiger partial charge on any atom is -0.334 e. The third-order valence-corrected chi connectivity index (χ3v) is 7.32. The normalized spacial score (nSPS) is 11.8. The molecule has 208 valence electrons. The number of rotatable bonds is 10. The molecule has 0 unspecified atom stereocenters. The van der Waals surface area contributed by atoms with Crippen LogP contribution in [-0.2, 0) is 24.9 Å². The van der Waals surface area contributed by atoms with Crippen LogP contribution in [-0.4, -0.2) is 39.3 Å². The van der Waals surface area contributed by atoms with Gasteiger partial charge in [0, 0.05) is 48.2 Å². The third-order valence-electron chi connectivity index (χ3n) is 7.32. The predicted octanol–water partition coefficient (Wildman–Crippen LogP) is 5.78. The monoisotopic (exact) mass is 538 g/mol. The molecule has 40 heavy (non-hydrogen) atoms. The van der Waals surface area contributed by atoms with Gasteiger partial charge in [-0.05, 0) is 58.7 Å². The molecule has 4 heterocycles. The maximum Gasteiger partial charge on any atom is 0.334 e.